The minimum atomic E-state index is -0.217. The van der Waals surface area contributed by atoms with Crippen molar-refractivity contribution >= 4 is 5.91 Å². The van der Waals surface area contributed by atoms with Crippen LogP contribution in [0.5, 0.6) is 0 Å². The molecule has 0 fully saturated rings. The second kappa shape index (κ2) is 7.01. The second-order valence-electron chi connectivity index (χ2n) is 3.90. The van der Waals surface area contributed by atoms with Crippen LogP contribution >= 0.6 is 0 Å². The highest BCUT2D eigenvalue weighted by atomic mass is 19.1. The van der Waals surface area contributed by atoms with Crippen LogP contribution in [0.3, 0.4) is 0 Å². The Morgan fingerprint density at radius 2 is 2.12 bits per heavy atom. The van der Waals surface area contributed by atoms with Gasteiger partial charge in [0.25, 0.3) is 0 Å². The van der Waals surface area contributed by atoms with Gasteiger partial charge in [-0.1, -0.05) is 18.2 Å². The zero-order valence-electron chi connectivity index (χ0n) is 10.3. The Balaban J connectivity index is 2.38. The van der Waals surface area contributed by atoms with Gasteiger partial charge in [0.05, 0.1) is 0 Å². The Bertz CT molecular complexity index is 368. The van der Waals surface area contributed by atoms with E-state index < -0.39 is 0 Å². The lowest BCUT2D eigenvalue weighted by atomic mass is 10.1. The van der Waals surface area contributed by atoms with E-state index >= 15 is 0 Å². The summed E-state index contributed by atoms with van der Waals surface area (Å²) in [6.45, 7) is 4.95. The molecule has 2 N–H and O–H groups in total. The summed E-state index contributed by atoms with van der Waals surface area (Å²) in [6.07, 6.45) is 0.409. The predicted molar refractivity (Wildman–Crippen MR) is 66.1 cm³/mol. The molecule has 1 amide bonds. The van der Waals surface area contributed by atoms with Crippen LogP contribution in [0, 0.1) is 5.82 Å². The third kappa shape index (κ3) is 4.53. The molecule has 0 heterocycles. The average molecular weight is 238 g/mol. The van der Waals surface area contributed by atoms with Gasteiger partial charge in [0, 0.05) is 31.1 Å². The van der Waals surface area contributed by atoms with Crippen molar-refractivity contribution in [3.8, 4) is 0 Å². The minimum absolute atomic E-state index is 0.0146. The molecule has 0 aromatic heterocycles. The van der Waals surface area contributed by atoms with Crippen LogP contribution < -0.4 is 10.6 Å². The first-order chi connectivity index (χ1) is 8.15. The van der Waals surface area contributed by atoms with Gasteiger partial charge in [-0.3, -0.25) is 4.79 Å². The van der Waals surface area contributed by atoms with Gasteiger partial charge in [-0.25, -0.2) is 4.39 Å². The number of carbonyl (C=O) groups is 1. The number of halogens is 1. The molecule has 3 nitrogen and oxygen atoms in total. The van der Waals surface area contributed by atoms with E-state index in [4.69, 9.17) is 0 Å². The van der Waals surface area contributed by atoms with Crippen molar-refractivity contribution < 1.29 is 9.18 Å². The van der Waals surface area contributed by atoms with Gasteiger partial charge in [0.15, 0.2) is 0 Å². The van der Waals surface area contributed by atoms with Gasteiger partial charge >= 0.3 is 0 Å². The first-order valence-electron chi connectivity index (χ1n) is 5.89. The number of rotatable bonds is 6. The SMILES string of the molecule is CCNC(=O)CCN[C@H](C)c1ccccc1F. The van der Waals surface area contributed by atoms with E-state index in [1.165, 1.54) is 6.07 Å². The number of nitrogens with one attached hydrogen (secondary N) is 2. The van der Waals surface area contributed by atoms with Gasteiger partial charge < -0.3 is 10.6 Å². The topological polar surface area (TPSA) is 41.1 Å². The number of amides is 1. The summed E-state index contributed by atoms with van der Waals surface area (Å²) in [4.78, 5) is 11.2. The zero-order chi connectivity index (χ0) is 12.7. The Morgan fingerprint density at radius 1 is 1.41 bits per heavy atom. The molecule has 0 bridgehead atoms. The maximum atomic E-state index is 13.4. The van der Waals surface area contributed by atoms with Crippen LogP contribution in [0.15, 0.2) is 24.3 Å². The van der Waals surface area contributed by atoms with Gasteiger partial charge in [0.1, 0.15) is 5.82 Å². The molecule has 0 spiro atoms. The summed E-state index contributed by atoms with van der Waals surface area (Å²) in [5.41, 5.74) is 0.628. The Labute approximate surface area is 101 Å². The summed E-state index contributed by atoms with van der Waals surface area (Å²) in [7, 11) is 0. The van der Waals surface area contributed by atoms with Crippen molar-refractivity contribution in [3.63, 3.8) is 0 Å². The molecule has 0 aliphatic rings. The molecule has 1 rings (SSSR count). The van der Waals surface area contributed by atoms with Crippen molar-refractivity contribution in [2.24, 2.45) is 0 Å². The van der Waals surface area contributed by atoms with Gasteiger partial charge in [-0.2, -0.15) is 0 Å². The van der Waals surface area contributed by atoms with Crippen LogP contribution in [0.25, 0.3) is 0 Å². The smallest absolute Gasteiger partial charge is 0.221 e. The second-order valence-corrected chi connectivity index (χ2v) is 3.90. The summed E-state index contributed by atoms with van der Waals surface area (Å²) in [5, 5.41) is 5.85. The number of hydrogen-bond donors (Lipinski definition) is 2. The fraction of sp³-hybridized carbons (Fsp3) is 0.462. The van der Waals surface area contributed by atoms with Crippen LogP contribution in [-0.4, -0.2) is 19.0 Å². The monoisotopic (exact) mass is 238 g/mol. The third-order valence-electron chi connectivity index (χ3n) is 2.55. The predicted octanol–water partition coefficient (Wildman–Crippen LogP) is 2.00. The van der Waals surface area contributed by atoms with E-state index in [-0.39, 0.29) is 17.8 Å². The molecule has 1 atom stereocenters. The molecule has 1 aromatic carbocycles. The summed E-state index contributed by atoms with van der Waals surface area (Å²) in [5.74, 6) is -0.203. The highest BCUT2D eigenvalue weighted by Crippen LogP contribution is 2.15. The van der Waals surface area contributed by atoms with E-state index in [0.717, 1.165) is 0 Å². The molecule has 0 unspecified atom stereocenters. The first kappa shape index (κ1) is 13.6. The average Bonchev–Trinajstić information content (AvgIpc) is 2.29. The normalized spacial score (nSPS) is 12.2. The summed E-state index contributed by atoms with van der Waals surface area (Å²) >= 11 is 0. The fourth-order valence-electron chi connectivity index (χ4n) is 1.62. The third-order valence-corrected chi connectivity index (χ3v) is 2.55. The lowest BCUT2D eigenvalue weighted by Gasteiger charge is -2.14. The Kier molecular flexibility index (Phi) is 5.63. The van der Waals surface area contributed by atoms with Crippen molar-refractivity contribution in [2.75, 3.05) is 13.1 Å². The van der Waals surface area contributed by atoms with Gasteiger partial charge in [-0.15, -0.1) is 0 Å². The van der Waals surface area contributed by atoms with Crippen LogP contribution in [-0.2, 0) is 4.79 Å². The maximum Gasteiger partial charge on any atom is 0.221 e. The van der Waals surface area contributed by atoms with Gasteiger partial charge in [-0.05, 0) is 19.9 Å². The largest absolute Gasteiger partial charge is 0.356 e. The standard InChI is InChI=1S/C13H19FN2O/c1-3-15-13(17)8-9-16-10(2)11-6-4-5-7-12(11)14/h4-7,10,16H,3,8-9H2,1-2H3,(H,15,17)/t10-/m1/s1. The van der Waals surface area contributed by atoms with E-state index in [9.17, 15) is 9.18 Å². The molecule has 0 saturated heterocycles. The molecule has 0 saturated carbocycles. The molecule has 1 aromatic rings. The number of carbonyl (C=O) groups excluding carboxylic acids is 1. The Morgan fingerprint density at radius 3 is 2.76 bits per heavy atom. The molecule has 0 aliphatic carbocycles. The van der Waals surface area contributed by atoms with Crippen LogP contribution in [0.2, 0.25) is 0 Å². The molecule has 0 aliphatic heterocycles. The van der Waals surface area contributed by atoms with E-state index in [2.05, 4.69) is 10.6 Å². The van der Waals surface area contributed by atoms with E-state index in [1.54, 1.807) is 18.2 Å². The van der Waals surface area contributed by atoms with Crippen LogP contribution in [0.1, 0.15) is 31.9 Å². The summed E-state index contributed by atoms with van der Waals surface area (Å²) in [6, 6.07) is 6.57. The molecule has 94 valence electrons. The lowest BCUT2D eigenvalue weighted by Crippen LogP contribution is -2.28. The summed E-state index contributed by atoms with van der Waals surface area (Å²) < 4.78 is 13.4. The first-order valence-corrected chi connectivity index (χ1v) is 5.89. The van der Waals surface area contributed by atoms with Crippen molar-refractivity contribution in [1.29, 1.82) is 0 Å². The quantitative estimate of drug-likeness (QED) is 0.796. The highest BCUT2D eigenvalue weighted by molar-refractivity contribution is 5.75. The van der Waals surface area contributed by atoms with E-state index in [0.29, 0.717) is 25.1 Å². The number of benzene rings is 1. The molecular formula is C13H19FN2O. The molecule has 0 radical (unpaired) electrons. The van der Waals surface area contributed by atoms with Gasteiger partial charge in [0.2, 0.25) is 5.91 Å². The fourth-order valence-corrected chi connectivity index (χ4v) is 1.62. The Hall–Kier alpha value is -1.42. The van der Waals surface area contributed by atoms with E-state index in [1.807, 2.05) is 13.8 Å². The van der Waals surface area contributed by atoms with Crippen molar-refractivity contribution in [3.05, 3.63) is 35.6 Å². The zero-order valence-corrected chi connectivity index (χ0v) is 10.3. The molecule has 4 heteroatoms. The van der Waals surface area contributed by atoms with Crippen molar-refractivity contribution in [1.82, 2.24) is 10.6 Å². The lowest BCUT2D eigenvalue weighted by molar-refractivity contribution is -0.120. The van der Waals surface area contributed by atoms with Crippen LogP contribution in [0.4, 0.5) is 4.39 Å². The minimum Gasteiger partial charge on any atom is -0.356 e. The maximum absolute atomic E-state index is 13.4. The number of hydrogen-bond acceptors (Lipinski definition) is 2. The molecule has 17 heavy (non-hydrogen) atoms. The highest BCUT2D eigenvalue weighted by Gasteiger charge is 2.09. The van der Waals surface area contributed by atoms with Crippen molar-refractivity contribution in [2.45, 2.75) is 26.3 Å². The molecular weight excluding hydrogens is 219 g/mol.